The molecule has 0 aliphatic carbocycles. The predicted molar refractivity (Wildman–Crippen MR) is 128 cm³/mol. The van der Waals surface area contributed by atoms with Crippen LogP contribution in [0, 0.1) is 6.92 Å². The van der Waals surface area contributed by atoms with Gasteiger partial charge in [0.25, 0.3) is 0 Å². The zero-order chi connectivity index (χ0) is 23.5. The summed E-state index contributed by atoms with van der Waals surface area (Å²) in [4.78, 5) is 28.5. The molecule has 168 valence electrons. The van der Waals surface area contributed by atoms with Crippen molar-refractivity contribution in [2.24, 2.45) is 0 Å². The molecule has 2 aromatic carbocycles. The first-order valence-electron chi connectivity index (χ1n) is 11.0. The Bertz CT molecular complexity index is 1340. The minimum absolute atomic E-state index is 0.279. The summed E-state index contributed by atoms with van der Waals surface area (Å²) in [6, 6.07) is 18.8. The van der Waals surface area contributed by atoms with Crippen LogP contribution < -0.4 is 0 Å². The minimum Gasteiger partial charge on any atom is -0.478 e. The monoisotopic (exact) mass is 442 g/mol. The fraction of sp³-hybridized carbons (Fsp3) is 0.222. The first-order valence-corrected chi connectivity index (χ1v) is 11.0. The van der Waals surface area contributed by atoms with Gasteiger partial charge in [-0.05, 0) is 60.7 Å². The van der Waals surface area contributed by atoms with E-state index in [1.807, 2.05) is 43.3 Å². The number of benzene rings is 2. The molecule has 4 aromatic rings. The Kier molecular flexibility index (Phi) is 6.27. The number of carboxylic acids is 1. The molecule has 0 aliphatic heterocycles. The normalized spacial score (nSPS) is 11.0. The van der Waals surface area contributed by atoms with Gasteiger partial charge in [0.2, 0.25) is 0 Å². The molecule has 0 saturated heterocycles. The van der Waals surface area contributed by atoms with E-state index < -0.39 is 11.9 Å². The van der Waals surface area contributed by atoms with Crippen LogP contribution in [0.25, 0.3) is 22.2 Å². The van der Waals surface area contributed by atoms with Crippen LogP contribution in [0.1, 0.15) is 51.5 Å². The maximum atomic E-state index is 12.3. The van der Waals surface area contributed by atoms with Gasteiger partial charge in [-0.2, -0.15) is 0 Å². The molecule has 0 amide bonds. The van der Waals surface area contributed by atoms with Crippen molar-refractivity contribution in [2.45, 2.75) is 33.7 Å². The number of fused-ring (bicyclic) bond motifs is 1. The highest BCUT2D eigenvalue weighted by atomic mass is 16.5. The number of hydrogen-bond acceptors (Lipinski definition) is 4. The molecule has 0 bridgehead atoms. The van der Waals surface area contributed by atoms with Gasteiger partial charge in [0.15, 0.2) is 5.69 Å². The van der Waals surface area contributed by atoms with Crippen LogP contribution in [0.2, 0.25) is 0 Å². The number of aryl methyl sites for hydroxylation is 2. The number of aromatic carboxylic acids is 1. The number of esters is 1. The fourth-order valence-electron chi connectivity index (χ4n) is 4.10. The molecule has 2 heterocycles. The number of aromatic nitrogens is 2. The van der Waals surface area contributed by atoms with Crippen LogP contribution >= 0.6 is 0 Å². The second-order valence-electron chi connectivity index (χ2n) is 7.91. The maximum absolute atomic E-state index is 12.3. The molecule has 6 nitrogen and oxygen atoms in total. The predicted octanol–water partition coefficient (Wildman–Crippen LogP) is 5.50. The number of carboxylic acid groups (broad SMARTS) is 1. The van der Waals surface area contributed by atoms with E-state index >= 15 is 0 Å². The number of hydrogen-bond donors (Lipinski definition) is 1. The summed E-state index contributed by atoms with van der Waals surface area (Å²) in [6.45, 7) is 6.74. The second-order valence-corrected chi connectivity index (χ2v) is 7.91. The SMILES string of the molecule is CCOC(=O)c1cc(C)c2cc(CC)n(Cc3ccc(-c4ccccc4C(=O)O)cc3)c2n1. The van der Waals surface area contributed by atoms with E-state index in [-0.39, 0.29) is 5.56 Å². The van der Waals surface area contributed by atoms with Gasteiger partial charge < -0.3 is 14.4 Å². The van der Waals surface area contributed by atoms with Gasteiger partial charge >= 0.3 is 11.9 Å². The smallest absolute Gasteiger partial charge is 0.357 e. The van der Waals surface area contributed by atoms with Crippen LogP contribution in [0.3, 0.4) is 0 Å². The third-order valence-corrected chi connectivity index (χ3v) is 5.77. The summed E-state index contributed by atoms with van der Waals surface area (Å²) < 4.78 is 7.28. The van der Waals surface area contributed by atoms with E-state index in [1.54, 1.807) is 25.1 Å². The highest BCUT2D eigenvalue weighted by molar-refractivity contribution is 5.96. The molecule has 0 fully saturated rings. The van der Waals surface area contributed by atoms with Crippen molar-refractivity contribution in [3.05, 3.63) is 88.7 Å². The molecule has 33 heavy (non-hydrogen) atoms. The summed E-state index contributed by atoms with van der Waals surface area (Å²) in [5.74, 6) is -1.37. The van der Waals surface area contributed by atoms with Gasteiger partial charge in [0.1, 0.15) is 5.65 Å². The fourth-order valence-corrected chi connectivity index (χ4v) is 4.10. The van der Waals surface area contributed by atoms with Crippen molar-refractivity contribution in [1.29, 1.82) is 0 Å². The Balaban J connectivity index is 1.72. The second kappa shape index (κ2) is 9.28. The molecular formula is C27H26N2O4. The molecule has 0 atom stereocenters. The van der Waals surface area contributed by atoms with Crippen molar-refractivity contribution >= 4 is 23.0 Å². The largest absolute Gasteiger partial charge is 0.478 e. The third-order valence-electron chi connectivity index (χ3n) is 5.77. The zero-order valence-electron chi connectivity index (χ0n) is 19.0. The molecule has 0 aliphatic rings. The number of pyridine rings is 1. The summed E-state index contributed by atoms with van der Waals surface area (Å²) in [5, 5.41) is 10.5. The van der Waals surface area contributed by atoms with Crippen molar-refractivity contribution in [3.8, 4) is 11.1 Å². The lowest BCUT2D eigenvalue weighted by Gasteiger charge is -2.12. The standard InChI is InChI=1S/C27H26N2O4/c1-4-20-15-23-17(3)14-24(27(32)33-5-2)28-25(23)29(20)16-18-10-12-19(13-11-18)21-8-6-7-9-22(21)26(30)31/h6-15H,4-5,16H2,1-3H3,(H,30,31). The van der Waals surface area contributed by atoms with E-state index in [4.69, 9.17) is 4.74 Å². The lowest BCUT2D eigenvalue weighted by atomic mass is 9.99. The molecule has 4 rings (SSSR count). The molecular weight excluding hydrogens is 416 g/mol. The number of nitrogens with zero attached hydrogens (tertiary/aromatic N) is 2. The van der Waals surface area contributed by atoms with Crippen LogP contribution in [0.15, 0.2) is 60.7 Å². The van der Waals surface area contributed by atoms with Crippen LogP contribution in [0.4, 0.5) is 0 Å². The number of carbonyl (C=O) groups excluding carboxylic acids is 1. The maximum Gasteiger partial charge on any atom is 0.357 e. The highest BCUT2D eigenvalue weighted by Crippen LogP contribution is 2.27. The van der Waals surface area contributed by atoms with Gasteiger partial charge in [0, 0.05) is 17.6 Å². The summed E-state index contributed by atoms with van der Waals surface area (Å²) in [5.41, 5.74) is 6.05. The topological polar surface area (TPSA) is 81.4 Å². The first-order chi connectivity index (χ1) is 15.9. The summed E-state index contributed by atoms with van der Waals surface area (Å²) >= 11 is 0. The van der Waals surface area contributed by atoms with Crippen molar-refractivity contribution in [2.75, 3.05) is 6.61 Å². The molecule has 2 aromatic heterocycles. The summed E-state index contributed by atoms with van der Waals surface area (Å²) in [7, 11) is 0. The van der Waals surface area contributed by atoms with Crippen molar-refractivity contribution in [3.63, 3.8) is 0 Å². The molecule has 1 N–H and O–H groups in total. The van der Waals surface area contributed by atoms with E-state index in [2.05, 4.69) is 22.5 Å². The number of carbonyl (C=O) groups is 2. The van der Waals surface area contributed by atoms with Gasteiger partial charge in [-0.15, -0.1) is 0 Å². The molecule has 0 unspecified atom stereocenters. The number of rotatable bonds is 7. The van der Waals surface area contributed by atoms with Crippen LogP contribution in [-0.2, 0) is 17.7 Å². The Morgan fingerprint density at radius 3 is 2.42 bits per heavy atom. The third kappa shape index (κ3) is 4.37. The molecule has 6 heteroatoms. The van der Waals surface area contributed by atoms with Crippen molar-refractivity contribution in [1.82, 2.24) is 9.55 Å². The lowest BCUT2D eigenvalue weighted by Crippen LogP contribution is -2.10. The highest BCUT2D eigenvalue weighted by Gasteiger charge is 2.17. The Hall–Kier alpha value is -3.93. The van der Waals surface area contributed by atoms with Gasteiger partial charge in [-0.3, -0.25) is 0 Å². The van der Waals surface area contributed by atoms with Gasteiger partial charge in [-0.1, -0.05) is 49.4 Å². The lowest BCUT2D eigenvalue weighted by molar-refractivity contribution is 0.0519. The van der Waals surface area contributed by atoms with E-state index in [1.165, 1.54) is 0 Å². The van der Waals surface area contributed by atoms with E-state index in [0.29, 0.717) is 24.4 Å². The average molecular weight is 443 g/mol. The zero-order valence-corrected chi connectivity index (χ0v) is 19.0. The quantitative estimate of drug-likeness (QED) is 0.382. The Morgan fingerprint density at radius 1 is 1.03 bits per heavy atom. The average Bonchev–Trinajstić information content (AvgIpc) is 3.17. The molecule has 0 saturated carbocycles. The minimum atomic E-state index is -0.945. The molecule has 0 spiro atoms. The molecule has 0 radical (unpaired) electrons. The van der Waals surface area contributed by atoms with Crippen molar-refractivity contribution < 1.29 is 19.4 Å². The van der Waals surface area contributed by atoms with Gasteiger partial charge in [-0.25, -0.2) is 14.6 Å². The van der Waals surface area contributed by atoms with Gasteiger partial charge in [0.05, 0.1) is 12.2 Å². The van der Waals surface area contributed by atoms with E-state index in [9.17, 15) is 14.7 Å². The van der Waals surface area contributed by atoms with Crippen LogP contribution in [-0.4, -0.2) is 33.2 Å². The Labute approximate surface area is 192 Å². The summed E-state index contributed by atoms with van der Waals surface area (Å²) in [6.07, 6.45) is 0.828. The first kappa shape index (κ1) is 22.3. The van der Waals surface area contributed by atoms with Crippen LogP contribution in [0.5, 0.6) is 0 Å². The Morgan fingerprint density at radius 2 is 1.76 bits per heavy atom. The van der Waals surface area contributed by atoms with E-state index in [0.717, 1.165) is 39.8 Å². The number of ether oxygens (including phenoxy) is 1.